The Morgan fingerprint density at radius 2 is 1.84 bits per heavy atom. The molecule has 6 nitrogen and oxygen atoms in total. The van der Waals surface area contributed by atoms with Crippen molar-refractivity contribution in [3.63, 3.8) is 0 Å². The maximum absolute atomic E-state index is 12.8. The second kappa shape index (κ2) is 11.6. The number of aromatic hydroxyl groups is 1. The molecule has 168 valence electrons. The van der Waals surface area contributed by atoms with Gasteiger partial charge < -0.3 is 14.6 Å². The molecule has 1 atom stereocenters. The van der Waals surface area contributed by atoms with Gasteiger partial charge in [-0.15, -0.1) is 0 Å². The van der Waals surface area contributed by atoms with E-state index < -0.39 is 18.2 Å². The van der Waals surface area contributed by atoms with Gasteiger partial charge in [-0.05, 0) is 52.4 Å². The molecule has 0 saturated carbocycles. The summed E-state index contributed by atoms with van der Waals surface area (Å²) in [5.41, 5.74) is 1.05. The number of hydrogen-bond acceptors (Lipinski definition) is 6. The quantitative estimate of drug-likeness (QED) is 0.158. The van der Waals surface area contributed by atoms with Crippen LogP contribution in [0.4, 0.5) is 10.5 Å². The fourth-order valence-corrected chi connectivity index (χ4v) is 4.56. The third-order valence-electron chi connectivity index (χ3n) is 4.68. The van der Waals surface area contributed by atoms with Crippen LogP contribution >= 0.6 is 44.5 Å². The largest absolute Gasteiger partial charge is 0.506 e. The van der Waals surface area contributed by atoms with Gasteiger partial charge in [-0.25, -0.2) is 4.79 Å². The van der Waals surface area contributed by atoms with Crippen LogP contribution in [0.5, 0.6) is 5.75 Å². The van der Waals surface area contributed by atoms with E-state index in [1.807, 2.05) is 36.4 Å². The first-order valence-electron chi connectivity index (χ1n) is 9.79. The number of phenolic OH excluding ortho intramolecular Hbond substituents is 1. The first-order valence-corrected chi connectivity index (χ1v) is 12.0. The molecule has 3 aromatic rings. The number of rotatable bonds is 8. The number of ether oxygens (including phenoxy) is 2. The zero-order chi connectivity index (χ0) is 23.1. The summed E-state index contributed by atoms with van der Waals surface area (Å²) < 4.78 is 11.9. The highest BCUT2D eigenvalue weighted by molar-refractivity contribution is 9.11. The molecule has 0 aliphatic heterocycles. The molecule has 0 heterocycles. The van der Waals surface area contributed by atoms with Gasteiger partial charge in [0.1, 0.15) is 11.9 Å². The minimum absolute atomic E-state index is 0.00721. The average molecular weight is 583 g/mol. The number of thiol groups is 1. The minimum Gasteiger partial charge on any atom is -0.506 e. The molecular formula is C23H21Br2NO5S. The molecule has 3 rings (SSSR count). The molecule has 0 fully saturated rings. The van der Waals surface area contributed by atoms with Crippen LogP contribution in [0.25, 0.3) is 10.8 Å². The van der Waals surface area contributed by atoms with Crippen molar-refractivity contribution in [1.82, 2.24) is 0 Å². The molecule has 0 saturated heterocycles. The van der Waals surface area contributed by atoms with Crippen LogP contribution in [0.15, 0.2) is 63.5 Å². The maximum Gasteiger partial charge on any atom is 0.412 e. The molecule has 0 aromatic heterocycles. The smallest absolute Gasteiger partial charge is 0.412 e. The Bertz CT molecular complexity index is 1120. The highest BCUT2D eigenvalue weighted by atomic mass is 79.9. The van der Waals surface area contributed by atoms with Crippen LogP contribution in [0.3, 0.4) is 0 Å². The van der Waals surface area contributed by atoms with Crippen LogP contribution in [0.1, 0.15) is 24.5 Å². The molecule has 9 heteroatoms. The van der Waals surface area contributed by atoms with Crippen molar-refractivity contribution in [3.05, 3.63) is 69.1 Å². The summed E-state index contributed by atoms with van der Waals surface area (Å²) in [6.07, 6.45) is -0.670. The molecular weight excluding hydrogens is 562 g/mol. The van der Waals surface area contributed by atoms with E-state index in [0.717, 1.165) is 10.8 Å². The second-order valence-electron chi connectivity index (χ2n) is 6.89. The second-order valence-corrected chi connectivity index (χ2v) is 8.98. The fourth-order valence-electron chi connectivity index (χ4n) is 3.21. The number of esters is 1. The Hall–Kier alpha value is -2.23. The lowest BCUT2D eigenvalue weighted by Gasteiger charge is -2.21. The van der Waals surface area contributed by atoms with Gasteiger partial charge in [0.15, 0.2) is 0 Å². The molecule has 0 aliphatic carbocycles. The number of amides is 1. The number of nitrogens with one attached hydrogen (secondary N) is 1. The number of benzene rings is 3. The average Bonchev–Trinajstić information content (AvgIpc) is 2.78. The standard InChI is InChI=1S/C23H21Br2NO5S/c24-15-11-17(22(28)18(25)12-15)20(9-4-10-30-21(27)13-32)31-23(29)26-19-8-3-6-14-5-1-2-7-16(14)19/h1-3,5-8,11-12,20,28,32H,4,9-10,13H2,(H,26,29)/t20-/m1/s1. The van der Waals surface area contributed by atoms with Crippen LogP contribution in [0, 0.1) is 0 Å². The van der Waals surface area contributed by atoms with E-state index in [0.29, 0.717) is 33.0 Å². The predicted molar refractivity (Wildman–Crippen MR) is 134 cm³/mol. The normalized spacial score (nSPS) is 11.7. The Kier molecular flexibility index (Phi) is 8.84. The molecule has 0 unspecified atom stereocenters. The number of anilines is 1. The molecule has 3 aromatic carbocycles. The summed E-state index contributed by atoms with van der Waals surface area (Å²) in [6, 6.07) is 16.7. The van der Waals surface area contributed by atoms with Crippen molar-refractivity contribution in [2.45, 2.75) is 18.9 Å². The zero-order valence-electron chi connectivity index (χ0n) is 16.9. The molecule has 0 spiro atoms. The highest BCUT2D eigenvalue weighted by Crippen LogP contribution is 2.38. The lowest BCUT2D eigenvalue weighted by atomic mass is 10.0. The molecule has 0 radical (unpaired) electrons. The number of carbonyl (C=O) groups excluding carboxylic acids is 2. The number of fused-ring (bicyclic) bond motifs is 1. The molecule has 32 heavy (non-hydrogen) atoms. The molecule has 2 N–H and O–H groups in total. The van der Waals surface area contributed by atoms with Gasteiger partial charge in [0.05, 0.1) is 22.5 Å². The fraction of sp³-hybridized carbons (Fsp3) is 0.217. The van der Waals surface area contributed by atoms with E-state index >= 15 is 0 Å². The van der Waals surface area contributed by atoms with Crippen LogP contribution in [-0.4, -0.2) is 29.5 Å². The Balaban J connectivity index is 1.78. The van der Waals surface area contributed by atoms with Crippen molar-refractivity contribution < 1.29 is 24.2 Å². The van der Waals surface area contributed by atoms with E-state index in [2.05, 4.69) is 49.8 Å². The van der Waals surface area contributed by atoms with Gasteiger partial charge in [0.25, 0.3) is 0 Å². The van der Waals surface area contributed by atoms with Gasteiger partial charge in [-0.2, -0.15) is 12.6 Å². The number of halogens is 2. The van der Waals surface area contributed by atoms with Crippen LogP contribution < -0.4 is 5.32 Å². The maximum atomic E-state index is 12.8. The van der Waals surface area contributed by atoms with Crippen molar-refractivity contribution in [1.29, 1.82) is 0 Å². The topological polar surface area (TPSA) is 84.9 Å². The van der Waals surface area contributed by atoms with Crippen molar-refractivity contribution >= 4 is 73.0 Å². The van der Waals surface area contributed by atoms with E-state index in [1.54, 1.807) is 18.2 Å². The van der Waals surface area contributed by atoms with Crippen LogP contribution in [0.2, 0.25) is 0 Å². The highest BCUT2D eigenvalue weighted by Gasteiger charge is 2.23. The monoisotopic (exact) mass is 581 g/mol. The van der Waals surface area contributed by atoms with Crippen molar-refractivity contribution in [2.75, 3.05) is 17.7 Å². The summed E-state index contributed by atoms with van der Waals surface area (Å²) in [5.74, 6) is -0.455. The van der Waals surface area contributed by atoms with Gasteiger partial charge in [0, 0.05) is 15.4 Å². The Morgan fingerprint density at radius 1 is 1.09 bits per heavy atom. The first kappa shape index (κ1) is 24.4. The van der Waals surface area contributed by atoms with E-state index in [9.17, 15) is 14.7 Å². The summed E-state index contributed by atoms with van der Waals surface area (Å²) in [4.78, 5) is 24.1. The lowest BCUT2D eigenvalue weighted by Crippen LogP contribution is -2.18. The SMILES string of the molecule is O=C(CS)OCCC[C@@H](OC(=O)Nc1cccc2ccccc12)c1cc(Br)cc(Br)c1O. The predicted octanol–water partition coefficient (Wildman–Crippen LogP) is 6.61. The summed E-state index contributed by atoms with van der Waals surface area (Å²) in [5, 5.41) is 15.2. The number of phenols is 1. The van der Waals surface area contributed by atoms with E-state index in [4.69, 9.17) is 9.47 Å². The lowest BCUT2D eigenvalue weighted by molar-refractivity contribution is -0.140. The Morgan fingerprint density at radius 3 is 2.62 bits per heavy atom. The van der Waals surface area contributed by atoms with E-state index in [1.165, 1.54) is 0 Å². The van der Waals surface area contributed by atoms with Crippen LogP contribution in [-0.2, 0) is 14.3 Å². The van der Waals surface area contributed by atoms with Gasteiger partial charge in [0.2, 0.25) is 0 Å². The first-order chi connectivity index (χ1) is 15.4. The molecule has 1 amide bonds. The number of carbonyl (C=O) groups is 2. The Labute approximate surface area is 208 Å². The summed E-state index contributed by atoms with van der Waals surface area (Å²) in [7, 11) is 0. The summed E-state index contributed by atoms with van der Waals surface area (Å²) >= 11 is 10.6. The van der Waals surface area contributed by atoms with Crippen molar-refractivity contribution in [2.24, 2.45) is 0 Å². The molecule has 0 aliphatic rings. The van der Waals surface area contributed by atoms with Gasteiger partial charge >= 0.3 is 12.1 Å². The van der Waals surface area contributed by atoms with E-state index in [-0.39, 0.29) is 18.1 Å². The van der Waals surface area contributed by atoms with Crippen molar-refractivity contribution in [3.8, 4) is 5.75 Å². The number of hydrogen-bond donors (Lipinski definition) is 3. The van der Waals surface area contributed by atoms with Gasteiger partial charge in [-0.3, -0.25) is 10.1 Å². The summed E-state index contributed by atoms with van der Waals surface area (Å²) in [6.45, 7) is 0.153. The minimum atomic E-state index is -0.770. The zero-order valence-corrected chi connectivity index (χ0v) is 21.0. The molecule has 0 bridgehead atoms. The third-order valence-corrected chi connectivity index (χ3v) is 6.00. The van der Waals surface area contributed by atoms with Gasteiger partial charge in [-0.1, -0.05) is 52.3 Å². The third kappa shape index (κ3) is 6.40.